The molecule has 1 aromatic rings. The number of carboxylic acid groups (broad SMARTS) is 1. The fraction of sp³-hybridized carbons (Fsp3) is 0.583. The lowest BCUT2D eigenvalue weighted by molar-refractivity contribution is 0.0689. The fourth-order valence-corrected chi connectivity index (χ4v) is 1.87. The van der Waals surface area contributed by atoms with E-state index >= 15 is 0 Å². The number of carbonyl (C=O) groups is 1. The number of hydrogen-bond acceptors (Lipinski definition) is 4. The van der Waals surface area contributed by atoms with Gasteiger partial charge < -0.3 is 10.4 Å². The zero-order chi connectivity index (χ0) is 12.8. The monoisotopic (exact) mass is 237 g/mol. The van der Waals surface area contributed by atoms with Crippen molar-refractivity contribution in [3.05, 3.63) is 17.8 Å². The van der Waals surface area contributed by atoms with Crippen molar-refractivity contribution < 1.29 is 9.90 Å². The predicted molar refractivity (Wildman–Crippen MR) is 66.1 cm³/mol. The Kier molecular flexibility index (Phi) is 4.87. The Labute approximate surface area is 101 Å². The van der Waals surface area contributed by atoms with Crippen LogP contribution < -0.4 is 5.32 Å². The number of rotatable bonds is 6. The molecule has 5 heteroatoms. The lowest BCUT2D eigenvalue weighted by Gasteiger charge is -2.22. The van der Waals surface area contributed by atoms with Crippen molar-refractivity contribution in [1.82, 2.24) is 10.2 Å². The summed E-state index contributed by atoms with van der Waals surface area (Å²) in [6.45, 7) is 6.42. The van der Waals surface area contributed by atoms with E-state index in [1.807, 2.05) is 0 Å². The summed E-state index contributed by atoms with van der Waals surface area (Å²) >= 11 is 0. The normalized spacial score (nSPS) is 12.5. The van der Waals surface area contributed by atoms with E-state index < -0.39 is 5.97 Å². The maximum atomic E-state index is 10.6. The maximum Gasteiger partial charge on any atom is 0.356 e. The van der Waals surface area contributed by atoms with Gasteiger partial charge in [0.15, 0.2) is 5.69 Å². The Hall–Kier alpha value is -1.65. The topological polar surface area (TPSA) is 75.1 Å². The molecule has 0 fully saturated rings. The molecule has 1 rings (SSSR count). The lowest BCUT2D eigenvalue weighted by Crippen LogP contribution is -2.25. The molecular formula is C12H19N3O2. The predicted octanol–water partition coefficient (Wildman–Crippen LogP) is 2.41. The Morgan fingerprint density at radius 3 is 2.41 bits per heavy atom. The van der Waals surface area contributed by atoms with Crippen molar-refractivity contribution in [3.63, 3.8) is 0 Å². The second kappa shape index (κ2) is 6.18. The van der Waals surface area contributed by atoms with E-state index in [-0.39, 0.29) is 5.69 Å². The van der Waals surface area contributed by atoms with E-state index in [4.69, 9.17) is 5.11 Å². The van der Waals surface area contributed by atoms with Gasteiger partial charge in [-0.2, -0.15) is 0 Å². The summed E-state index contributed by atoms with van der Waals surface area (Å²) in [6.07, 6.45) is 2.20. The van der Waals surface area contributed by atoms with Crippen molar-refractivity contribution in [1.29, 1.82) is 0 Å². The largest absolute Gasteiger partial charge is 0.476 e. The SMILES string of the molecule is CCC(CC)C(C)Nc1ccc(C(=O)O)nn1. The van der Waals surface area contributed by atoms with Crippen molar-refractivity contribution in [2.45, 2.75) is 39.7 Å². The maximum absolute atomic E-state index is 10.6. The highest BCUT2D eigenvalue weighted by Gasteiger charge is 2.14. The van der Waals surface area contributed by atoms with Crippen LogP contribution >= 0.6 is 0 Å². The second-order valence-electron chi connectivity index (χ2n) is 4.12. The third-order valence-corrected chi connectivity index (χ3v) is 3.02. The van der Waals surface area contributed by atoms with Gasteiger partial charge in [0.25, 0.3) is 0 Å². The van der Waals surface area contributed by atoms with Crippen LogP contribution in [0.2, 0.25) is 0 Å². The zero-order valence-electron chi connectivity index (χ0n) is 10.5. The number of aromatic nitrogens is 2. The first-order chi connectivity index (χ1) is 8.08. The highest BCUT2D eigenvalue weighted by molar-refractivity contribution is 5.85. The van der Waals surface area contributed by atoms with Crippen molar-refractivity contribution in [2.24, 2.45) is 5.92 Å². The molecule has 5 nitrogen and oxygen atoms in total. The summed E-state index contributed by atoms with van der Waals surface area (Å²) in [7, 11) is 0. The third-order valence-electron chi connectivity index (χ3n) is 3.02. The molecular weight excluding hydrogens is 218 g/mol. The van der Waals surface area contributed by atoms with Gasteiger partial charge in [0.05, 0.1) is 0 Å². The Balaban J connectivity index is 2.65. The van der Waals surface area contributed by atoms with Crippen molar-refractivity contribution in [3.8, 4) is 0 Å². The van der Waals surface area contributed by atoms with Gasteiger partial charge in [0, 0.05) is 6.04 Å². The molecule has 0 bridgehead atoms. The number of aromatic carboxylic acids is 1. The van der Waals surface area contributed by atoms with E-state index in [1.165, 1.54) is 6.07 Å². The molecule has 1 heterocycles. The minimum Gasteiger partial charge on any atom is -0.476 e. The smallest absolute Gasteiger partial charge is 0.356 e. The Morgan fingerprint density at radius 2 is 2.00 bits per heavy atom. The van der Waals surface area contributed by atoms with Gasteiger partial charge in [-0.15, -0.1) is 10.2 Å². The average Bonchev–Trinajstić information content (AvgIpc) is 2.31. The molecule has 0 amide bonds. The van der Waals surface area contributed by atoms with Crippen LogP contribution in [0, 0.1) is 5.92 Å². The molecule has 0 aliphatic heterocycles. The van der Waals surface area contributed by atoms with Crippen LogP contribution in [0.3, 0.4) is 0 Å². The summed E-state index contributed by atoms with van der Waals surface area (Å²) in [5.74, 6) is 0.141. The van der Waals surface area contributed by atoms with E-state index in [2.05, 4.69) is 36.3 Å². The van der Waals surface area contributed by atoms with Gasteiger partial charge >= 0.3 is 5.97 Å². The Bertz CT molecular complexity index is 361. The van der Waals surface area contributed by atoms with Crippen LogP contribution in [0.15, 0.2) is 12.1 Å². The molecule has 1 unspecified atom stereocenters. The number of anilines is 1. The average molecular weight is 237 g/mol. The van der Waals surface area contributed by atoms with Crippen LogP contribution in [-0.2, 0) is 0 Å². The van der Waals surface area contributed by atoms with E-state index in [0.717, 1.165) is 12.8 Å². The van der Waals surface area contributed by atoms with Crippen molar-refractivity contribution >= 4 is 11.8 Å². The van der Waals surface area contributed by atoms with Gasteiger partial charge in [-0.05, 0) is 25.0 Å². The van der Waals surface area contributed by atoms with Crippen LogP contribution in [0.4, 0.5) is 5.82 Å². The summed E-state index contributed by atoms with van der Waals surface area (Å²) in [6, 6.07) is 3.40. The van der Waals surface area contributed by atoms with E-state index in [1.54, 1.807) is 6.07 Å². The van der Waals surface area contributed by atoms with Crippen LogP contribution in [0.1, 0.15) is 44.1 Å². The van der Waals surface area contributed by atoms with Gasteiger partial charge in [-0.1, -0.05) is 26.7 Å². The molecule has 0 saturated carbocycles. The van der Waals surface area contributed by atoms with Crippen molar-refractivity contribution in [2.75, 3.05) is 5.32 Å². The summed E-state index contributed by atoms with van der Waals surface area (Å²) in [4.78, 5) is 10.6. The quantitative estimate of drug-likeness (QED) is 0.794. The number of nitrogens with one attached hydrogen (secondary N) is 1. The molecule has 0 radical (unpaired) electrons. The number of carboxylic acids is 1. The molecule has 2 N–H and O–H groups in total. The summed E-state index contributed by atoms with van der Waals surface area (Å²) < 4.78 is 0. The minimum atomic E-state index is -1.06. The Morgan fingerprint density at radius 1 is 1.35 bits per heavy atom. The first kappa shape index (κ1) is 13.4. The van der Waals surface area contributed by atoms with Crippen LogP contribution in [0.25, 0.3) is 0 Å². The molecule has 0 aliphatic rings. The van der Waals surface area contributed by atoms with Gasteiger partial charge in [-0.25, -0.2) is 4.79 Å². The number of hydrogen-bond donors (Lipinski definition) is 2. The van der Waals surface area contributed by atoms with E-state index in [9.17, 15) is 4.79 Å². The molecule has 1 atom stereocenters. The standard InChI is InChI=1S/C12H19N3O2/c1-4-9(5-2)8(3)13-11-7-6-10(12(16)17)14-15-11/h6-9H,4-5H2,1-3H3,(H,13,15)(H,16,17). The number of nitrogens with zero attached hydrogens (tertiary/aromatic N) is 2. The summed E-state index contributed by atoms with van der Waals surface area (Å²) in [5.41, 5.74) is -0.0364. The first-order valence-electron chi connectivity index (χ1n) is 5.92. The lowest BCUT2D eigenvalue weighted by atomic mass is 9.95. The molecule has 94 valence electrons. The molecule has 0 aliphatic carbocycles. The molecule has 17 heavy (non-hydrogen) atoms. The third kappa shape index (κ3) is 3.69. The highest BCUT2D eigenvalue weighted by atomic mass is 16.4. The minimum absolute atomic E-state index is 0.0364. The van der Waals surface area contributed by atoms with Gasteiger partial charge in [-0.3, -0.25) is 0 Å². The van der Waals surface area contributed by atoms with E-state index in [0.29, 0.717) is 17.8 Å². The molecule has 1 aromatic heterocycles. The molecule has 0 aromatic carbocycles. The second-order valence-corrected chi connectivity index (χ2v) is 4.12. The van der Waals surface area contributed by atoms with Gasteiger partial charge in [0.1, 0.15) is 5.82 Å². The molecule has 0 spiro atoms. The van der Waals surface area contributed by atoms with Crippen LogP contribution in [0.5, 0.6) is 0 Å². The summed E-state index contributed by atoms with van der Waals surface area (Å²) in [5, 5.41) is 19.4. The first-order valence-corrected chi connectivity index (χ1v) is 5.92. The zero-order valence-corrected chi connectivity index (χ0v) is 10.5. The van der Waals surface area contributed by atoms with Gasteiger partial charge in [0.2, 0.25) is 0 Å². The molecule has 0 saturated heterocycles. The fourth-order valence-electron chi connectivity index (χ4n) is 1.87. The van der Waals surface area contributed by atoms with Crippen LogP contribution in [-0.4, -0.2) is 27.3 Å². The highest BCUT2D eigenvalue weighted by Crippen LogP contribution is 2.16.